The summed E-state index contributed by atoms with van der Waals surface area (Å²) < 4.78 is 9.82. The van der Waals surface area contributed by atoms with Gasteiger partial charge in [-0.25, -0.2) is 4.79 Å². The fourth-order valence-corrected chi connectivity index (χ4v) is 4.08. The number of hydrogen-bond acceptors (Lipinski definition) is 7. The molecule has 1 aliphatic rings. The Balaban J connectivity index is 1.72. The van der Waals surface area contributed by atoms with Crippen molar-refractivity contribution >= 4 is 35.2 Å². The third-order valence-electron chi connectivity index (χ3n) is 5.06. The first-order valence-corrected chi connectivity index (χ1v) is 10.3. The molecule has 2 unspecified atom stereocenters. The number of carbonyl (C=O) groups excluding carboxylic acids is 4. The summed E-state index contributed by atoms with van der Waals surface area (Å²) in [7, 11) is 2.80. The Bertz CT molecular complexity index is 976. The summed E-state index contributed by atoms with van der Waals surface area (Å²) in [5, 5.41) is 7.19. The van der Waals surface area contributed by atoms with Crippen LogP contribution in [0.4, 0.5) is 4.79 Å². The molecule has 1 aliphatic heterocycles. The molecule has 164 valence electrons. The van der Waals surface area contributed by atoms with Crippen molar-refractivity contribution < 1.29 is 28.7 Å². The number of amides is 4. The summed E-state index contributed by atoms with van der Waals surface area (Å²) in [6.45, 7) is 1.11. The molecule has 2 N–H and O–H groups in total. The van der Waals surface area contributed by atoms with E-state index < -0.39 is 41.9 Å². The lowest BCUT2D eigenvalue weighted by Crippen LogP contribution is -2.44. The topological polar surface area (TPSA) is 114 Å². The van der Waals surface area contributed by atoms with Crippen LogP contribution in [0.15, 0.2) is 41.8 Å². The zero-order valence-electron chi connectivity index (χ0n) is 17.3. The molecule has 0 spiro atoms. The van der Waals surface area contributed by atoms with Gasteiger partial charge in [-0.15, -0.1) is 11.3 Å². The smallest absolute Gasteiger partial charge is 0.325 e. The molecule has 1 fully saturated rings. The summed E-state index contributed by atoms with van der Waals surface area (Å²) in [6.07, 6.45) is -0.0630. The molecule has 0 aliphatic carbocycles. The average molecular weight is 445 g/mol. The van der Waals surface area contributed by atoms with E-state index in [9.17, 15) is 19.2 Å². The van der Waals surface area contributed by atoms with E-state index >= 15 is 0 Å². The van der Waals surface area contributed by atoms with Crippen molar-refractivity contribution in [1.29, 1.82) is 0 Å². The molecule has 2 aromatic rings. The van der Waals surface area contributed by atoms with Gasteiger partial charge < -0.3 is 20.1 Å². The Morgan fingerprint density at radius 1 is 1.19 bits per heavy atom. The van der Waals surface area contributed by atoms with E-state index in [1.54, 1.807) is 43.3 Å². The van der Waals surface area contributed by atoms with Gasteiger partial charge in [0.15, 0.2) is 0 Å². The first-order valence-electron chi connectivity index (χ1n) is 9.46. The number of imide groups is 1. The first kappa shape index (κ1) is 22.3. The maximum atomic E-state index is 13.0. The number of nitrogens with zero attached hydrogens (tertiary/aromatic N) is 1. The van der Waals surface area contributed by atoms with Gasteiger partial charge in [0.1, 0.15) is 17.8 Å². The van der Waals surface area contributed by atoms with E-state index in [2.05, 4.69) is 10.6 Å². The predicted octanol–water partition coefficient (Wildman–Crippen LogP) is 1.94. The van der Waals surface area contributed by atoms with Crippen molar-refractivity contribution in [3.63, 3.8) is 0 Å². The lowest BCUT2D eigenvalue weighted by Gasteiger charge is -2.23. The molecule has 10 heteroatoms. The van der Waals surface area contributed by atoms with E-state index in [-0.39, 0.29) is 6.42 Å². The van der Waals surface area contributed by atoms with E-state index in [0.717, 1.165) is 9.78 Å². The molecular formula is C21H23N3O6S. The van der Waals surface area contributed by atoms with Gasteiger partial charge in [-0.05, 0) is 36.1 Å². The van der Waals surface area contributed by atoms with Crippen LogP contribution in [0.2, 0.25) is 0 Å². The number of methoxy groups -OCH3 is 2. The number of benzene rings is 1. The molecule has 9 nitrogen and oxygen atoms in total. The number of thiophene rings is 1. The van der Waals surface area contributed by atoms with Gasteiger partial charge >= 0.3 is 12.0 Å². The number of urea groups is 1. The second-order valence-electron chi connectivity index (χ2n) is 7.09. The highest BCUT2D eigenvalue weighted by atomic mass is 32.1. The van der Waals surface area contributed by atoms with E-state index in [1.165, 1.54) is 25.6 Å². The minimum absolute atomic E-state index is 0.0630. The Morgan fingerprint density at radius 2 is 1.90 bits per heavy atom. The summed E-state index contributed by atoms with van der Waals surface area (Å²) in [5.74, 6) is -0.977. The lowest BCUT2D eigenvalue weighted by atomic mass is 9.92. The molecule has 1 saturated heterocycles. The molecule has 4 amide bonds. The molecule has 3 rings (SSSR count). The van der Waals surface area contributed by atoms with Crippen molar-refractivity contribution in [3.05, 3.63) is 52.2 Å². The summed E-state index contributed by atoms with van der Waals surface area (Å²) in [5.41, 5.74) is -0.736. The van der Waals surface area contributed by atoms with Crippen LogP contribution in [0.5, 0.6) is 5.75 Å². The number of ether oxygens (including phenoxy) is 2. The SMILES string of the molecule is COC(=O)CC(NC(=O)CN1C(=O)NC(C)(c2ccc(OC)cc2)C1=O)c1cccs1. The fraction of sp³-hybridized carbons (Fsp3) is 0.333. The normalized spacial score (nSPS) is 19.0. The maximum absolute atomic E-state index is 13.0. The van der Waals surface area contributed by atoms with Crippen LogP contribution in [-0.2, 0) is 24.7 Å². The van der Waals surface area contributed by atoms with Crippen molar-refractivity contribution in [2.45, 2.75) is 24.9 Å². The van der Waals surface area contributed by atoms with Gasteiger partial charge in [-0.1, -0.05) is 18.2 Å². The van der Waals surface area contributed by atoms with Crippen molar-refractivity contribution in [2.24, 2.45) is 0 Å². The van der Waals surface area contributed by atoms with Gasteiger partial charge in [0.25, 0.3) is 5.91 Å². The Kier molecular flexibility index (Phi) is 6.59. The third-order valence-corrected chi connectivity index (χ3v) is 6.05. The zero-order chi connectivity index (χ0) is 22.6. The number of carbonyl (C=O) groups is 4. The van der Waals surface area contributed by atoms with Crippen LogP contribution < -0.4 is 15.4 Å². The largest absolute Gasteiger partial charge is 0.497 e. The summed E-state index contributed by atoms with van der Waals surface area (Å²) in [4.78, 5) is 51.5. The van der Waals surface area contributed by atoms with Crippen LogP contribution >= 0.6 is 11.3 Å². The number of rotatable bonds is 8. The Hall–Kier alpha value is -3.40. The summed E-state index contributed by atoms with van der Waals surface area (Å²) in [6, 6.07) is 9.05. The molecule has 1 aromatic heterocycles. The van der Waals surface area contributed by atoms with Crippen LogP contribution in [0.3, 0.4) is 0 Å². The standard InChI is InChI=1S/C21H23N3O6S/c1-21(13-6-8-14(29-2)9-7-13)19(27)24(20(28)23-21)12-17(25)22-15(11-18(26)30-3)16-5-4-10-31-16/h4-10,15H,11-12H2,1-3H3,(H,22,25)(H,23,28). The maximum Gasteiger partial charge on any atom is 0.325 e. The monoisotopic (exact) mass is 445 g/mol. The van der Waals surface area contributed by atoms with Crippen molar-refractivity contribution in [3.8, 4) is 5.75 Å². The number of hydrogen-bond donors (Lipinski definition) is 2. The highest BCUT2D eigenvalue weighted by molar-refractivity contribution is 7.10. The molecule has 0 radical (unpaired) electrons. The fourth-order valence-electron chi connectivity index (χ4n) is 3.31. The lowest BCUT2D eigenvalue weighted by molar-refractivity contribution is -0.141. The molecule has 0 saturated carbocycles. The van der Waals surface area contributed by atoms with Crippen molar-refractivity contribution in [2.75, 3.05) is 20.8 Å². The second kappa shape index (κ2) is 9.17. The van der Waals surface area contributed by atoms with Crippen LogP contribution in [0, 0.1) is 0 Å². The molecule has 0 bridgehead atoms. The van der Waals surface area contributed by atoms with E-state index in [0.29, 0.717) is 11.3 Å². The van der Waals surface area contributed by atoms with Crippen molar-refractivity contribution in [1.82, 2.24) is 15.5 Å². The predicted molar refractivity (Wildman–Crippen MR) is 112 cm³/mol. The van der Waals surface area contributed by atoms with Crippen LogP contribution in [0.25, 0.3) is 0 Å². The second-order valence-corrected chi connectivity index (χ2v) is 8.07. The van der Waals surface area contributed by atoms with Gasteiger partial charge in [-0.3, -0.25) is 19.3 Å². The minimum Gasteiger partial charge on any atom is -0.497 e. The number of nitrogens with one attached hydrogen (secondary N) is 2. The summed E-state index contributed by atoms with van der Waals surface area (Å²) >= 11 is 1.38. The van der Waals surface area contributed by atoms with Crippen LogP contribution in [0.1, 0.15) is 29.8 Å². The Labute approximate surface area is 183 Å². The highest BCUT2D eigenvalue weighted by Crippen LogP contribution is 2.30. The van der Waals surface area contributed by atoms with Gasteiger partial charge in [-0.2, -0.15) is 0 Å². The van der Waals surface area contributed by atoms with Crippen LogP contribution in [-0.4, -0.2) is 49.5 Å². The Morgan fingerprint density at radius 3 is 2.48 bits per heavy atom. The molecular weight excluding hydrogens is 422 g/mol. The molecule has 2 atom stereocenters. The van der Waals surface area contributed by atoms with Gasteiger partial charge in [0, 0.05) is 4.88 Å². The highest BCUT2D eigenvalue weighted by Gasteiger charge is 2.49. The third kappa shape index (κ3) is 4.69. The quantitative estimate of drug-likeness (QED) is 0.474. The molecule has 2 heterocycles. The van der Waals surface area contributed by atoms with E-state index in [1.807, 2.05) is 5.38 Å². The van der Waals surface area contributed by atoms with E-state index in [4.69, 9.17) is 9.47 Å². The average Bonchev–Trinajstić information content (AvgIpc) is 3.37. The van der Waals surface area contributed by atoms with Gasteiger partial charge in [0.05, 0.1) is 26.7 Å². The minimum atomic E-state index is -1.30. The van der Waals surface area contributed by atoms with Gasteiger partial charge in [0.2, 0.25) is 5.91 Å². The first-order chi connectivity index (χ1) is 14.8. The molecule has 31 heavy (non-hydrogen) atoms. The zero-order valence-corrected chi connectivity index (χ0v) is 18.2. The molecule has 1 aromatic carbocycles. The number of esters is 1.